The smallest absolute Gasteiger partial charge is 0.251 e. The summed E-state index contributed by atoms with van der Waals surface area (Å²) in [6, 6.07) is 19.8. The molecule has 30 heavy (non-hydrogen) atoms. The third-order valence-corrected chi connectivity index (χ3v) is 5.82. The topological polar surface area (TPSA) is 38.3 Å². The van der Waals surface area contributed by atoms with E-state index in [2.05, 4.69) is 36.5 Å². The zero-order chi connectivity index (χ0) is 21.5. The second-order valence-electron chi connectivity index (χ2n) is 7.10. The number of aryl methyl sites for hydroxylation is 1. The summed E-state index contributed by atoms with van der Waals surface area (Å²) in [4.78, 5) is 14.0. The molecule has 1 atom stereocenters. The SMILES string of the molecule is CCOc1ccc(C(=O)NC(C)c2ccc(F)cc2)cc1CSc1ccc(C)cc1. The molecule has 0 radical (unpaired) electrons. The van der Waals surface area contributed by atoms with E-state index in [1.54, 1.807) is 30.0 Å². The number of hydrogen-bond acceptors (Lipinski definition) is 3. The van der Waals surface area contributed by atoms with Gasteiger partial charge in [0.25, 0.3) is 5.91 Å². The summed E-state index contributed by atoms with van der Waals surface area (Å²) in [7, 11) is 0. The average molecular weight is 424 g/mol. The van der Waals surface area contributed by atoms with Gasteiger partial charge in [0.1, 0.15) is 11.6 Å². The van der Waals surface area contributed by atoms with E-state index in [4.69, 9.17) is 4.74 Å². The normalized spacial score (nSPS) is 11.7. The predicted molar refractivity (Wildman–Crippen MR) is 121 cm³/mol. The van der Waals surface area contributed by atoms with Crippen molar-refractivity contribution in [1.29, 1.82) is 0 Å². The maximum atomic E-state index is 13.1. The van der Waals surface area contributed by atoms with Crippen LogP contribution in [0.5, 0.6) is 5.75 Å². The van der Waals surface area contributed by atoms with E-state index in [9.17, 15) is 9.18 Å². The lowest BCUT2D eigenvalue weighted by Crippen LogP contribution is -2.26. The molecule has 3 aromatic rings. The van der Waals surface area contributed by atoms with Crippen LogP contribution in [0.1, 0.15) is 46.9 Å². The Morgan fingerprint density at radius 1 is 1.07 bits per heavy atom. The second-order valence-corrected chi connectivity index (χ2v) is 8.15. The van der Waals surface area contributed by atoms with Gasteiger partial charge in [-0.1, -0.05) is 29.8 Å². The van der Waals surface area contributed by atoms with Gasteiger partial charge >= 0.3 is 0 Å². The minimum absolute atomic E-state index is 0.170. The molecule has 1 N–H and O–H groups in total. The third kappa shape index (κ3) is 5.86. The molecule has 0 aliphatic carbocycles. The van der Waals surface area contributed by atoms with Gasteiger partial charge in [0, 0.05) is 21.8 Å². The van der Waals surface area contributed by atoms with Gasteiger partial charge in [-0.15, -0.1) is 11.8 Å². The molecule has 0 aliphatic rings. The van der Waals surface area contributed by atoms with Crippen LogP contribution >= 0.6 is 11.8 Å². The van der Waals surface area contributed by atoms with Crippen molar-refractivity contribution in [3.63, 3.8) is 0 Å². The van der Waals surface area contributed by atoms with Crippen LogP contribution in [-0.2, 0) is 5.75 Å². The van der Waals surface area contributed by atoms with Crippen molar-refractivity contribution in [3.8, 4) is 5.75 Å². The van der Waals surface area contributed by atoms with Gasteiger partial charge in [-0.3, -0.25) is 4.79 Å². The zero-order valence-electron chi connectivity index (χ0n) is 17.4. The largest absolute Gasteiger partial charge is 0.494 e. The van der Waals surface area contributed by atoms with Crippen LogP contribution < -0.4 is 10.1 Å². The highest BCUT2D eigenvalue weighted by molar-refractivity contribution is 7.98. The van der Waals surface area contributed by atoms with Crippen LogP contribution in [0, 0.1) is 12.7 Å². The first-order valence-corrected chi connectivity index (χ1v) is 11.0. The average Bonchev–Trinajstić information content (AvgIpc) is 2.74. The Kier molecular flexibility index (Phi) is 7.52. The number of ether oxygens (including phenoxy) is 1. The minimum atomic E-state index is -0.292. The fraction of sp³-hybridized carbons (Fsp3) is 0.240. The predicted octanol–water partition coefficient (Wildman–Crippen LogP) is 6.32. The van der Waals surface area contributed by atoms with Crippen molar-refractivity contribution in [2.24, 2.45) is 0 Å². The van der Waals surface area contributed by atoms with Crippen molar-refractivity contribution >= 4 is 17.7 Å². The Balaban J connectivity index is 1.73. The molecule has 0 aromatic heterocycles. The summed E-state index contributed by atoms with van der Waals surface area (Å²) in [6.45, 7) is 6.46. The van der Waals surface area contributed by atoms with Crippen molar-refractivity contribution in [2.45, 2.75) is 37.5 Å². The first-order chi connectivity index (χ1) is 14.5. The van der Waals surface area contributed by atoms with Gasteiger partial charge in [0.2, 0.25) is 0 Å². The van der Waals surface area contributed by atoms with Crippen LogP contribution in [0.2, 0.25) is 0 Å². The Morgan fingerprint density at radius 2 is 1.77 bits per heavy atom. The third-order valence-electron chi connectivity index (χ3n) is 4.76. The fourth-order valence-corrected chi connectivity index (χ4v) is 3.92. The summed E-state index contributed by atoms with van der Waals surface area (Å²) in [6.07, 6.45) is 0. The van der Waals surface area contributed by atoms with Gasteiger partial charge in [0.15, 0.2) is 0 Å². The van der Waals surface area contributed by atoms with E-state index in [0.29, 0.717) is 17.9 Å². The molecule has 0 saturated carbocycles. The Labute approximate surface area is 181 Å². The number of halogens is 1. The molecule has 0 spiro atoms. The molecule has 5 heteroatoms. The molecular formula is C25H26FNO2S. The Bertz CT molecular complexity index is 987. The first kappa shape index (κ1) is 21.9. The van der Waals surface area contributed by atoms with Crippen molar-refractivity contribution in [2.75, 3.05) is 6.61 Å². The van der Waals surface area contributed by atoms with E-state index in [1.807, 2.05) is 26.0 Å². The number of hydrogen-bond donors (Lipinski definition) is 1. The molecule has 0 aliphatic heterocycles. The minimum Gasteiger partial charge on any atom is -0.494 e. The summed E-state index contributed by atoms with van der Waals surface area (Å²) in [5.41, 5.74) is 3.63. The van der Waals surface area contributed by atoms with Crippen molar-refractivity contribution in [1.82, 2.24) is 5.32 Å². The highest BCUT2D eigenvalue weighted by Gasteiger charge is 2.14. The lowest BCUT2D eigenvalue weighted by molar-refractivity contribution is 0.0939. The van der Waals surface area contributed by atoms with Gasteiger partial charge < -0.3 is 10.1 Å². The lowest BCUT2D eigenvalue weighted by Gasteiger charge is -2.16. The first-order valence-electron chi connectivity index (χ1n) is 9.97. The number of amides is 1. The zero-order valence-corrected chi connectivity index (χ0v) is 18.3. The van der Waals surface area contributed by atoms with Crippen LogP contribution in [0.4, 0.5) is 4.39 Å². The molecule has 0 heterocycles. The lowest BCUT2D eigenvalue weighted by atomic mass is 10.1. The molecule has 1 amide bonds. The molecule has 3 aromatic carbocycles. The molecule has 1 unspecified atom stereocenters. The van der Waals surface area contributed by atoms with Gasteiger partial charge in [-0.25, -0.2) is 4.39 Å². The fourth-order valence-electron chi connectivity index (χ4n) is 3.04. The number of carbonyl (C=O) groups is 1. The van der Waals surface area contributed by atoms with E-state index in [-0.39, 0.29) is 17.8 Å². The molecule has 3 nitrogen and oxygen atoms in total. The number of benzene rings is 3. The highest BCUT2D eigenvalue weighted by Crippen LogP contribution is 2.29. The van der Waals surface area contributed by atoms with E-state index in [0.717, 1.165) is 16.9 Å². The van der Waals surface area contributed by atoms with Crippen LogP contribution in [0.15, 0.2) is 71.6 Å². The number of carbonyl (C=O) groups excluding carboxylic acids is 1. The number of thioether (sulfide) groups is 1. The van der Waals surface area contributed by atoms with Gasteiger partial charge in [-0.05, 0) is 68.8 Å². The summed E-state index contributed by atoms with van der Waals surface area (Å²) < 4.78 is 18.9. The summed E-state index contributed by atoms with van der Waals surface area (Å²) >= 11 is 1.71. The van der Waals surface area contributed by atoms with Crippen molar-refractivity contribution < 1.29 is 13.9 Å². The molecule has 0 fully saturated rings. The molecular weight excluding hydrogens is 397 g/mol. The van der Waals surface area contributed by atoms with E-state index < -0.39 is 0 Å². The summed E-state index contributed by atoms with van der Waals surface area (Å²) in [5, 5.41) is 2.98. The molecule has 0 saturated heterocycles. The number of nitrogens with one attached hydrogen (secondary N) is 1. The molecule has 3 rings (SSSR count). The van der Waals surface area contributed by atoms with E-state index in [1.165, 1.54) is 22.6 Å². The van der Waals surface area contributed by atoms with Crippen molar-refractivity contribution in [3.05, 3.63) is 94.8 Å². The highest BCUT2D eigenvalue weighted by atomic mass is 32.2. The van der Waals surface area contributed by atoms with Crippen LogP contribution in [0.25, 0.3) is 0 Å². The standard InChI is InChI=1S/C25H26FNO2S/c1-4-29-24-14-9-20(15-21(24)16-30-23-12-5-17(2)6-13-23)25(28)27-18(3)19-7-10-22(26)11-8-19/h5-15,18H,4,16H2,1-3H3,(H,27,28). The summed E-state index contributed by atoms with van der Waals surface area (Å²) in [5.74, 6) is 1.03. The molecule has 156 valence electrons. The quantitative estimate of drug-likeness (QED) is 0.431. The Morgan fingerprint density at radius 3 is 2.43 bits per heavy atom. The van der Waals surface area contributed by atoms with Crippen LogP contribution in [-0.4, -0.2) is 12.5 Å². The maximum absolute atomic E-state index is 13.1. The molecule has 0 bridgehead atoms. The van der Waals surface area contributed by atoms with Gasteiger partial charge in [0.05, 0.1) is 12.6 Å². The monoisotopic (exact) mass is 423 g/mol. The Hall–Kier alpha value is -2.79. The van der Waals surface area contributed by atoms with Gasteiger partial charge in [-0.2, -0.15) is 0 Å². The maximum Gasteiger partial charge on any atom is 0.251 e. The second kappa shape index (κ2) is 10.3. The van der Waals surface area contributed by atoms with Crippen LogP contribution in [0.3, 0.4) is 0 Å². The van der Waals surface area contributed by atoms with E-state index >= 15 is 0 Å². The number of rotatable bonds is 8.